The van der Waals surface area contributed by atoms with Crippen LogP contribution in [0.1, 0.15) is 208 Å². The average Bonchev–Trinajstić information content (AvgIpc) is 0.882. The fraction of sp³-hybridized carbons (Fsp3) is 0.349. The zero-order chi connectivity index (χ0) is 88.7. The molecule has 0 aliphatic heterocycles. The van der Waals surface area contributed by atoms with Crippen LogP contribution in [-0.2, 0) is 147 Å². The standard InChI is InChI=1S/C12H10.C10H8.C6H6.2C6H5.8C4H6O3.7C2H6.Y/c1-3-7-11(8-4-1)12-9-5-2-6-10-12;1-2-6-10-8-4-3-7-9(10)5-1;3*1-2-4-6-5-3-1;8*1-3(5)7-4(2)6;7*1-2;/h1-10H;1-8H;1-6H;2*1-5H;8*1-2H3;7*1-2H3;/q;;;2*-1;;;;;;;;;;;;;;;;. The van der Waals surface area contributed by atoms with Gasteiger partial charge in [0.05, 0.1) is 0 Å². The molecule has 0 fully saturated rings. The fourth-order valence-corrected chi connectivity index (χ4v) is 5.08. The van der Waals surface area contributed by atoms with Gasteiger partial charge in [-0.3, -0.25) is 76.7 Å². The molecule has 24 nitrogen and oxygen atoms in total. The van der Waals surface area contributed by atoms with Crippen molar-refractivity contribution in [1.29, 1.82) is 0 Å². The summed E-state index contributed by atoms with van der Waals surface area (Å²) in [6, 6.07) is 74.5. The molecular weight excluding hydrogens is 1510 g/mol. The van der Waals surface area contributed by atoms with Crippen LogP contribution >= 0.6 is 0 Å². The van der Waals surface area contributed by atoms with Gasteiger partial charge in [0.15, 0.2) is 0 Å². The molecule has 0 heterocycles. The maximum absolute atomic E-state index is 9.81. The molecule has 0 N–H and O–H groups in total. The van der Waals surface area contributed by atoms with Crippen LogP contribution in [0.15, 0.2) is 206 Å². The van der Waals surface area contributed by atoms with E-state index in [4.69, 9.17) is 0 Å². The fourth-order valence-electron chi connectivity index (χ4n) is 5.08. The van der Waals surface area contributed by atoms with Gasteiger partial charge in [-0.2, -0.15) is 72.8 Å². The summed E-state index contributed by atoms with van der Waals surface area (Å²) in [6.07, 6.45) is 0. The first kappa shape index (κ1) is 133. The maximum atomic E-state index is 9.81. The summed E-state index contributed by atoms with van der Waals surface area (Å²) < 4.78 is 31.8. The molecule has 0 aliphatic rings. The molecule has 0 atom stereocenters. The molecule has 7 aromatic rings. The first-order valence-corrected chi connectivity index (χ1v) is 34.8. The van der Waals surface area contributed by atoms with Crippen LogP contribution in [0.4, 0.5) is 0 Å². The Morgan fingerprint density at radius 2 is 0.270 bits per heavy atom. The number of hydrogen-bond donors (Lipinski definition) is 0. The number of rotatable bonds is 1. The molecule has 617 valence electrons. The van der Waals surface area contributed by atoms with E-state index in [0.29, 0.717) is 0 Å². The van der Waals surface area contributed by atoms with E-state index in [9.17, 15) is 76.7 Å². The molecule has 0 aromatic heterocycles. The zero-order valence-corrected chi connectivity index (χ0v) is 73.8. The van der Waals surface area contributed by atoms with Gasteiger partial charge in [0.2, 0.25) is 0 Å². The van der Waals surface area contributed by atoms with Gasteiger partial charge in [0, 0.05) is 143 Å². The summed E-state index contributed by atoms with van der Waals surface area (Å²) in [6.45, 7) is 46.9. The molecule has 1 radical (unpaired) electrons. The van der Waals surface area contributed by atoms with Crippen LogP contribution in [0.3, 0.4) is 0 Å². The van der Waals surface area contributed by atoms with Gasteiger partial charge in [0.25, 0.3) is 0 Å². The number of fused-ring (bicyclic) bond motifs is 1. The Hall–Kier alpha value is -11.0. The number of carbonyl (C=O) groups excluding carboxylic acids is 16. The van der Waals surface area contributed by atoms with Crippen molar-refractivity contribution in [2.75, 3.05) is 0 Å². The predicted molar refractivity (Wildman–Crippen MR) is 432 cm³/mol. The van der Waals surface area contributed by atoms with E-state index in [1.54, 1.807) is 0 Å². The SMILES string of the molecule is CC.CC.CC.CC.CC.CC.CC.CC(=O)OC(C)=O.CC(=O)OC(C)=O.CC(=O)OC(C)=O.CC(=O)OC(C)=O.CC(=O)OC(C)=O.CC(=O)OC(C)=O.CC(=O)OC(C)=O.CC(=O)OC(C)=O.[Y].[c-]1ccccc1.[c-]1ccccc1.c1ccc(-c2ccccc2)cc1.c1ccc2ccccc2c1.c1ccccc1. The Morgan fingerprint density at radius 1 is 0.171 bits per heavy atom. The molecule has 0 aliphatic carbocycles. The van der Waals surface area contributed by atoms with E-state index in [0.717, 1.165) is 0 Å². The molecular formula is C86H124O24Y-2. The van der Waals surface area contributed by atoms with Crippen molar-refractivity contribution in [3.05, 3.63) is 218 Å². The van der Waals surface area contributed by atoms with Crippen LogP contribution in [0.2, 0.25) is 0 Å². The van der Waals surface area contributed by atoms with Crippen molar-refractivity contribution >= 4 is 106 Å². The third-order valence-corrected chi connectivity index (χ3v) is 7.72. The zero-order valence-electron chi connectivity index (χ0n) is 71.0. The Balaban J connectivity index is -0.0000000758. The van der Waals surface area contributed by atoms with Gasteiger partial charge in [0.1, 0.15) is 0 Å². The van der Waals surface area contributed by atoms with Crippen molar-refractivity contribution < 1.29 is 147 Å². The molecule has 0 spiro atoms. The molecule has 7 rings (SSSR count). The minimum absolute atomic E-state index is 0. The summed E-state index contributed by atoms with van der Waals surface area (Å²) in [5.74, 6) is -9.00. The first-order valence-electron chi connectivity index (χ1n) is 34.8. The number of ether oxygens (including phenoxy) is 8. The van der Waals surface area contributed by atoms with Gasteiger partial charge in [-0.15, -0.1) is 0 Å². The van der Waals surface area contributed by atoms with Crippen LogP contribution in [0.5, 0.6) is 0 Å². The number of benzene rings is 7. The van der Waals surface area contributed by atoms with Crippen LogP contribution in [-0.4, -0.2) is 95.5 Å². The Labute approximate surface area is 686 Å². The van der Waals surface area contributed by atoms with E-state index in [-0.39, 0.29) is 32.7 Å². The van der Waals surface area contributed by atoms with Gasteiger partial charge < -0.3 is 37.9 Å². The van der Waals surface area contributed by atoms with Gasteiger partial charge >= 0.3 is 95.5 Å². The molecule has 111 heavy (non-hydrogen) atoms. The van der Waals surface area contributed by atoms with E-state index in [1.165, 1.54) is 133 Å². The van der Waals surface area contributed by atoms with Gasteiger partial charge in [-0.05, 0) is 21.9 Å². The Bertz CT molecular complexity index is 2700. The topological polar surface area (TPSA) is 347 Å². The Morgan fingerprint density at radius 3 is 0.351 bits per heavy atom. The van der Waals surface area contributed by atoms with Gasteiger partial charge in [-0.1, -0.05) is 243 Å². The molecule has 0 amide bonds. The third-order valence-electron chi connectivity index (χ3n) is 7.72. The maximum Gasteiger partial charge on any atom is 0.310 e. The van der Waals surface area contributed by atoms with Crippen LogP contribution < -0.4 is 0 Å². The second-order valence-electron chi connectivity index (χ2n) is 17.1. The van der Waals surface area contributed by atoms with E-state index in [1.807, 2.05) is 206 Å². The average molecular weight is 1630 g/mol. The summed E-state index contributed by atoms with van der Waals surface area (Å²) in [4.78, 5) is 157. The second-order valence-corrected chi connectivity index (χ2v) is 17.1. The summed E-state index contributed by atoms with van der Waals surface area (Å²) >= 11 is 0. The number of carbonyl (C=O) groups is 16. The quantitative estimate of drug-likeness (QED) is 0.0637. The minimum Gasteiger partial charge on any atom is -0.394 e. The molecule has 0 saturated carbocycles. The first-order chi connectivity index (χ1) is 51.9. The van der Waals surface area contributed by atoms with Crippen molar-refractivity contribution in [3.8, 4) is 11.1 Å². The summed E-state index contributed by atoms with van der Waals surface area (Å²) in [5, 5.41) is 2.62. The minimum atomic E-state index is -0.562. The van der Waals surface area contributed by atoms with Crippen molar-refractivity contribution in [1.82, 2.24) is 0 Å². The van der Waals surface area contributed by atoms with Crippen molar-refractivity contribution in [3.63, 3.8) is 0 Å². The normalized spacial score (nSPS) is 7.51. The summed E-state index contributed by atoms with van der Waals surface area (Å²) in [5.41, 5.74) is 2.55. The molecule has 0 bridgehead atoms. The predicted octanol–water partition coefficient (Wildman–Crippen LogP) is 18.8. The number of hydrogen-bond acceptors (Lipinski definition) is 24. The molecule has 25 heteroatoms. The van der Waals surface area contributed by atoms with Crippen LogP contribution in [0.25, 0.3) is 21.9 Å². The second kappa shape index (κ2) is 110. The van der Waals surface area contributed by atoms with Gasteiger partial charge in [-0.25, -0.2) is 0 Å². The Kier molecular flexibility index (Phi) is 131. The summed E-state index contributed by atoms with van der Waals surface area (Å²) in [7, 11) is 0. The molecule has 0 unspecified atom stereocenters. The van der Waals surface area contributed by atoms with Crippen molar-refractivity contribution in [2.45, 2.75) is 208 Å². The van der Waals surface area contributed by atoms with Crippen LogP contribution in [0, 0.1) is 12.1 Å². The molecule has 7 aromatic carbocycles. The molecule has 0 saturated heterocycles. The van der Waals surface area contributed by atoms with E-state index >= 15 is 0 Å². The monoisotopic (exact) mass is 1630 g/mol. The third kappa shape index (κ3) is 157. The van der Waals surface area contributed by atoms with E-state index < -0.39 is 95.5 Å². The van der Waals surface area contributed by atoms with E-state index in [2.05, 4.69) is 147 Å². The smallest absolute Gasteiger partial charge is 0.310 e. The number of esters is 16. The van der Waals surface area contributed by atoms with Crippen molar-refractivity contribution in [2.24, 2.45) is 0 Å². The largest absolute Gasteiger partial charge is 0.394 e.